The Morgan fingerprint density at radius 1 is 1.38 bits per heavy atom. The normalized spacial score (nSPS) is 10.9. The molecule has 0 aliphatic rings. The molecule has 0 amide bonds. The standard InChI is InChI=1S/C11H13F2NO2/c1-2-16-10(15)11(12,13)8-14-9-6-4-3-5-7-9/h3-7,14H,2,8H2,1H3. The highest BCUT2D eigenvalue weighted by molar-refractivity contribution is 5.78. The maximum Gasteiger partial charge on any atom is 0.378 e. The zero-order valence-electron chi connectivity index (χ0n) is 8.87. The van der Waals surface area contributed by atoms with E-state index in [1.54, 1.807) is 30.3 Å². The van der Waals surface area contributed by atoms with E-state index in [0.29, 0.717) is 5.69 Å². The van der Waals surface area contributed by atoms with E-state index in [-0.39, 0.29) is 6.61 Å². The van der Waals surface area contributed by atoms with Gasteiger partial charge in [0.25, 0.3) is 0 Å². The van der Waals surface area contributed by atoms with Gasteiger partial charge in [-0.05, 0) is 19.1 Å². The van der Waals surface area contributed by atoms with Crippen LogP contribution in [0.4, 0.5) is 14.5 Å². The summed E-state index contributed by atoms with van der Waals surface area (Å²) in [5, 5.41) is 2.47. The summed E-state index contributed by atoms with van der Waals surface area (Å²) in [6.45, 7) is 0.661. The van der Waals surface area contributed by atoms with Crippen molar-refractivity contribution >= 4 is 11.7 Å². The zero-order chi connectivity index (χ0) is 12.0. The lowest BCUT2D eigenvalue weighted by atomic mass is 10.3. The number of benzene rings is 1. The van der Waals surface area contributed by atoms with Crippen molar-refractivity contribution in [2.24, 2.45) is 0 Å². The first-order valence-corrected chi connectivity index (χ1v) is 4.90. The summed E-state index contributed by atoms with van der Waals surface area (Å²) in [7, 11) is 0. The second-order valence-electron chi connectivity index (χ2n) is 3.14. The van der Waals surface area contributed by atoms with Crippen LogP contribution in [0.15, 0.2) is 30.3 Å². The van der Waals surface area contributed by atoms with Gasteiger partial charge in [0.1, 0.15) is 0 Å². The Balaban J connectivity index is 2.51. The SMILES string of the molecule is CCOC(=O)C(F)(F)CNc1ccccc1. The molecular weight excluding hydrogens is 216 g/mol. The maximum absolute atomic E-state index is 13.2. The third kappa shape index (κ3) is 3.49. The summed E-state index contributed by atoms with van der Waals surface area (Å²) in [4.78, 5) is 10.9. The first-order chi connectivity index (χ1) is 7.56. The van der Waals surface area contributed by atoms with Crippen molar-refractivity contribution in [3.05, 3.63) is 30.3 Å². The first kappa shape index (κ1) is 12.4. The number of esters is 1. The molecule has 0 heterocycles. The molecule has 0 aliphatic heterocycles. The highest BCUT2D eigenvalue weighted by Crippen LogP contribution is 2.17. The number of alkyl halides is 2. The monoisotopic (exact) mass is 229 g/mol. The molecule has 0 aliphatic carbocycles. The second-order valence-corrected chi connectivity index (χ2v) is 3.14. The van der Waals surface area contributed by atoms with Gasteiger partial charge in [0.15, 0.2) is 0 Å². The minimum atomic E-state index is -3.51. The molecule has 16 heavy (non-hydrogen) atoms. The fraction of sp³-hybridized carbons (Fsp3) is 0.364. The zero-order valence-corrected chi connectivity index (χ0v) is 8.87. The molecule has 88 valence electrons. The van der Waals surface area contributed by atoms with E-state index in [4.69, 9.17) is 0 Å². The number of carbonyl (C=O) groups is 1. The molecule has 0 atom stereocenters. The van der Waals surface area contributed by atoms with Crippen LogP contribution >= 0.6 is 0 Å². The molecule has 1 aromatic rings. The highest BCUT2D eigenvalue weighted by atomic mass is 19.3. The second kappa shape index (κ2) is 5.44. The number of halogens is 2. The number of para-hydroxylation sites is 1. The van der Waals surface area contributed by atoms with Crippen LogP contribution in [0, 0.1) is 0 Å². The summed E-state index contributed by atoms with van der Waals surface area (Å²) in [5.74, 6) is -5.01. The van der Waals surface area contributed by atoms with Gasteiger partial charge in [0.2, 0.25) is 0 Å². The number of carbonyl (C=O) groups excluding carboxylic acids is 1. The number of anilines is 1. The molecule has 0 radical (unpaired) electrons. The fourth-order valence-electron chi connectivity index (χ4n) is 1.08. The molecule has 5 heteroatoms. The van der Waals surface area contributed by atoms with Crippen LogP contribution in [0.25, 0.3) is 0 Å². The summed E-state index contributed by atoms with van der Waals surface area (Å²) < 4.78 is 30.6. The van der Waals surface area contributed by atoms with Crippen molar-refractivity contribution in [2.45, 2.75) is 12.8 Å². The molecule has 3 nitrogen and oxygen atoms in total. The molecule has 0 aromatic heterocycles. The van der Waals surface area contributed by atoms with Gasteiger partial charge in [-0.25, -0.2) is 4.79 Å². The van der Waals surface area contributed by atoms with Crippen molar-refractivity contribution < 1.29 is 18.3 Å². The van der Waals surface area contributed by atoms with Gasteiger partial charge in [0, 0.05) is 5.69 Å². The van der Waals surface area contributed by atoms with Crippen LogP contribution in [0.2, 0.25) is 0 Å². The van der Waals surface area contributed by atoms with Crippen LogP contribution < -0.4 is 5.32 Å². The van der Waals surface area contributed by atoms with Gasteiger partial charge in [0.05, 0.1) is 13.2 Å². The Labute approximate surface area is 92.4 Å². The van der Waals surface area contributed by atoms with Crippen LogP contribution in [0.5, 0.6) is 0 Å². The molecule has 0 bridgehead atoms. The number of nitrogens with one attached hydrogen (secondary N) is 1. The molecule has 0 unspecified atom stereocenters. The predicted molar refractivity (Wildman–Crippen MR) is 56.5 cm³/mol. The minimum absolute atomic E-state index is 0.0558. The van der Waals surface area contributed by atoms with E-state index in [2.05, 4.69) is 10.1 Å². The summed E-state index contributed by atoms with van der Waals surface area (Å²) in [6.07, 6.45) is 0. The molecule has 0 saturated carbocycles. The minimum Gasteiger partial charge on any atom is -0.462 e. The van der Waals surface area contributed by atoms with E-state index in [1.807, 2.05) is 0 Å². The summed E-state index contributed by atoms with van der Waals surface area (Å²) in [5.41, 5.74) is 0.534. The van der Waals surface area contributed by atoms with Gasteiger partial charge >= 0.3 is 11.9 Å². The van der Waals surface area contributed by atoms with Crippen molar-refractivity contribution in [1.29, 1.82) is 0 Å². The number of ether oxygens (including phenoxy) is 1. The van der Waals surface area contributed by atoms with Crippen LogP contribution in [0.1, 0.15) is 6.92 Å². The number of hydrogen-bond acceptors (Lipinski definition) is 3. The van der Waals surface area contributed by atoms with Crippen LogP contribution in [-0.2, 0) is 9.53 Å². The van der Waals surface area contributed by atoms with Gasteiger partial charge in [-0.15, -0.1) is 0 Å². The van der Waals surface area contributed by atoms with E-state index in [0.717, 1.165) is 0 Å². The lowest BCUT2D eigenvalue weighted by Crippen LogP contribution is -2.37. The van der Waals surface area contributed by atoms with Gasteiger partial charge in [-0.2, -0.15) is 8.78 Å². The smallest absolute Gasteiger partial charge is 0.378 e. The van der Waals surface area contributed by atoms with Crippen molar-refractivity contribution in [3.63, 3.8) is 0 Å². The van der Waals surface area contributed by atoms with Gasteiger partial charge in [-0.1, -0.05) is 18.2 Å². The Morgan fingerprint density at radius 3 is 2.56 bits per heavy atom. The van der Waals surface area contributed by atoms with Crippen molar-refractivity contribution in [3.8, 4) is 0 Å². The van der Waals surface area contributed by atoms with Crippen molar-refractivity contribution in [1.82, 2.24) is 0 Å². The van der Waals surface area contributed by atoms with E-state index >= 15 is 0 Å². The third-order valence-corrected chi connectivity index (χ3v) is 1.86. The molecule has 1 aromatic carbocycles. The average Bonchev–Trinajstić information content (AvgIpc) is 2.28. The highest BCUT2D eigenvalue weighted by Gasteiger charge is 2.40. The molecule has 0 spiro atoms. The summed E-state index contributed by atoms with van der Waals surface area (Å²) in [6, 6.07) is 8.48. The maximum atomic E-state index is 13.2. The van der Waals surface area contributed by atoms with E-state index < -0.39 is 18.4 Å². The lowest BCUT2D eigenvalue weighted by Gasteiger charge is -2.15. The van der Waals surface area contributed by atoms with Crippen LogP contribution in [-0.4, -0.2) is 25.0 Å². The lowest BCUT2D eigenvalue weighted by molar-refractivity contribution is -0.169. The van der Waals surface area contributed by atoms with Gasteiger partial charge in [-0.3, -0.25) is 0 Å². The molecule has 0 saturated heterocycles. The molecular formula is C11H13F2NO2. The third-order valence-electron chi connectivity index (χ3n) is 1.86. The summed E-state index contributed by atoms with van der Waals surface area (Å²) >= 11 is 0. The Hall–Kier alpha value is -1.65. The van der Waals surface area contributed by atoms with Gasteiger partial charge < -0.3 is 10.1 Å². The topological polar surface area (TPSA) is 38.3 Å². The average molecular weight is 229 g/mol. The Morgan fingerprint density at radius 2 is 2.00 bits per heavy atom. The number of hydrogen-bond donors (Lipinski definition) is 1. The van der Waals surface area contributed by atoms with E-state index in [9.17, 15) is 13.6 Å². The fourth-order valence-corrected chi connectivity index (χ4v) is 1.08. The largest absolute Gasteiger partial charge is 0.462 e. The Bertz CT molecular complexity index is 341. The Kier molecular flexibility index (Phi) is 4.22. The quantitative estimate of drug-likeness (QED) is 0.787. The first-order valence-electron chi connectivity index (χ1n) is 4.90. The van der Waals surface area contributed by atoms with E-state index in [1.165, 1.54) is 6.92 Å². The predicted octanol–water partition coefficient (Wildman–Crippen LogP) is 2.30. The van der Waals surface area contributed by atoms with Crippen LogP contribution in [0.3, 0.4) is 0 Å². The molecule has 1 N–H and O–H groups in total. The number of rotatable bonds is 5. The molecule has 1 rings (SSSR count). The van der Waals surface area contributed by atoms with Crippen molar-refractivity contribution in [2.75, 3.05) is 18.5 Å². The molecule has 0 fully saturated rings.